The Kier molecular flexibility index (Phi) is 4.19. The summed E-state index contributed by atoms with van der Waals surface area (Å²) < 4.78 is 0. The maximum Gasteiger partial charge on any atom is 0.252 e. The number of nitrogens with zero attached hydrogens (tertiary/aromatic N) is 2. The first kappa shape index (κ1) is 15.0. The van der Waals surface area contributed by atoms with Gasteiger partial charge in [-0.3, -0.25) is 9.89 Å². The highest BCUT2D eigenvalue weighted by molar-refractivity contribution is 6.01. The lowest BCUT2D eigenvalue weighted by Crippen LogP contribution is -2.27. The van der Waals surface area contributed by atoms with Crippen molar-refractivity contribution in [2.75, 3.05) is 0 Å². The van der Waals surface area contributed by atoms with Gasteiger partial charge in [0, 0.05) is 5.56 Å². The van der Waals surface area contributed by atoms with Crippen molar-refractivity contribution in [1.82, 2.24) is 20.5 Å². The summed E-state index contributed by atoms with van der Waals surface area (Å²) in [5, 5.41) is 9.83. The molecule has 1 aromatic heterocycles. The van der Waals surface area contributed by atoms with Gasteiger partial charge in [0.15, 0.2) is 5.82 Å². The van der Waals surface area contributed by atoms with Crippen LogP contribution in [0.1, 0.15) is 35.0 Å². The van der Waals surface area contributed by atoms with Crippen LogP contribution in [-0.4, -0.2) is 21.1 Å². The van der Waals surface area contributed by atoms with Crippen LogP contribution in [0.4, 0.5) is 0 Å². The van der Waals surface area contributed by atoms with Crippen LogP contribution in [0.3, 0.4) is 0 Å². The Morgan fingerprint density at radius 1 is 1.09 bits per heavy atom. The molecule has 0 radical (unpaired) electrons. The molecule has 0 saturated heterocycles. The number of rotatable bonds is 4. The summed E-state index contributed by atoms with van der Waals surface area (Å²) >= 11 is 0. The number of H-pyrrole nitrogens is 1. The number of aromatic amines is 1. The molecule has 2 N–H and O–H groups in total. The predicted molar refractivity (Wildman–Crippen MR) is 88.9 cm³/mol. The molecule has 1 heterocycles. The normalized spacial score (nSPS) is 11.9. The van der Waals surface area contributed by atoms with Crippen LogP contribution in [0.2, 0.25) is 0 Å². The molecule has 5 heteroatoms. The first-order valence-corrected chi connectivity index (χ1v) is 7.49. The van der Waals surface area contributed by atoms with Crippen LogP contribution in [-0.2, 0) is 0 Å². The Bertz CT molecular complexity index is 811. The molecule has 0 unspecified atom stereocenters. The number of carbonyl (C=O) groups excluding carboxylic acids is 1. The highest BCUT2D eigenvalue weighted by atomic mass is 16.1. The van der Waals surface area contributed by atoms with Gasteiger partial charge in [0.1, 0.15) is 5.82 Å². The molecule has 0 aliphatic heterocycles. The van der Waals surface area contributed by atoms with Crippen LogP contribution in [0.15, 0.2) is 54.6 Å². The summed E-state index contributed by atoms with van der Waals surface area (Å²) in [7, 11) is 0. The van der Waals surface area contributed by atoms with Gasteiger partial charge in [-0.2, -0.15) is 5.10 Å². The molecule has 2 aromatic carbocycles. The number of amides is 1. The zero-order chi connectivity index (χ0) is 16.2. The second kappa shape index (κ2) is 6.44. The maximum atomic E-state index is 12.7. The van der Waals surface area contributed by atoms with Crippen LogP contribution in [0.25, 0.3) is 11.1 Å². The third-order valence-corrected chi connectivity index (χ3v) is 3.61. The quantitative estimate of drug-likeness (QED) is 0.777. The predicted octanol–water partition coefficient (Wildman–Crippen LogP) is 3.27. The average molecular weight is 306 g/mol. The zero-order valence-corrected chi connectivity index (χ0v) is 13.1. The van der Waals surface area contributed by atoms with Gasteiger partial charge in [-0.15, -0.1) is 0 Å². The lowest BCUT2D eigenvalue weighted by Gasteiger charge is -2.13. The van der Waals surface area contributed by atoms with Gasteiger partial charge >= 0.3 is 0 Å². The molecule has 1 atom stereocenters. The summed E-state index contributed by atoms with van der Waals surface area (Å²) in [5.74, 6) is 1.17. The maximum absolute atomic E-state index is 12.7. The monoisotopic (exact) mass is 306 g/mol. The summed E-state index contributed by atoms with van der Waals surface area (Å²) in [5.41, 5.74) is 2.56. The molecule has 0 spiro atoms. The highest BCUT2D eigenvalue weighted by Crippen LogP contribution is 2.23. The van der Waals surface area contributed by atoms with Gasteiger partial charge in [0.2, 0.25) is 0 Å². The van der Waals surface area contributed by atoms with Crippen molar-refractivity contribution in [2.45, 2.75) is 19.9 Å². The van der Waals surface area contributed by atoms with Crippen molar-refractivity contribution in [3.63, 3.8) is 0 Å². The van der Waals surface area contributed by atoms with E-state index in [9.17, 15) is 4.79 Å². The van der Waals surface area contributed by atoms with E-state index in [0.717, 1.165) is 17.0 Å². The third-order valence-electron chi connectivity index (χ3n) is 3.61. The molecule has 23 heavy (non-hydrogen) atoms. The van der Waals surface area contributed by atoms with Gasteiger partial charge < -0.3 is 5.32 Å². The minimum Gasteiger partial charge on any atom is -0.342 e. The molecule has 0 bridgehead atoms. The molecule has 0 saturated carbocycles. The van der Waals surface area contributed by atoms with Gasteiger partial charge in [-0.25, -0.2) is 4.98 Å². The molecule has 0 aliphatic rings. The Hall–Kier alpha value is -2.95. The standard InChI is InChI=1S/C18H18N4O/c1-12(17-20-13(2)21-22-17)19-18(23)16-11-7-6-10-15(16)14-8-4-3-5-9-14/h3-12H,1-2H3,(H,19,23)(H,20,21,22)/t12-/m1/s1. The van der Waals surface area contributed by atoms with E-state index in [1.165, 1.54) is 0 Å². The Morgan fingerprint density at radius 2 is 1.78 bits per heavy atom. The van der Waals surface area contributed by atoms with E-state index in [2.05, 4.69) is 20.5 Å². The Labute approximate surface area is 134 Å². The van der Waals surface area contributed by atoms with E-state index in [-0.39, 0.29) is 11.9 Å². The van der Waals surface area contributed by atoms with Crippen LogP contribution >= 0.6 is 0 Å². The van der Waals surface area contributed by atoms with E-state index >= 15 is 0 Å². The highest BCUT2D eigenvalue weighted by Gasteiger charge is 2.17. The summed E-state index contributed by atoms with van der Waals surface area (Å²) in [6.07, 6.45) is 0. The average Bonchev–Trinajstić information content (AvgIpc) is 3.02. The second-order valence-electron chi connectivity index (χ2n) is 5.39. The Morgan fingerprint density at radius 3 is 2.48 bits per heavy atom. The number of hydrogen-bond donors (Lipinski definition) is 2. The van der Waals surface area contributed by atoms with E-state index in [0.29, 0.717) is 11.4 Å². The van der Waals surface area contributed by atoms with Gasteiger partial charge in [0.25, 0.3) is 5.91 Å². The van der Waals surface area contributed by atoms with Crippen molar-refractivity contribution < 1.29 is 4.79 Å². The molecule has 3 rings (SSSR count). The largest absolute Gasteiger partial charge is 0.342 e. The molecule has 1 amide bonds. The number of aryl methyl sites for hydroxylation is 1. The van der Waals surface area contributed by atoms with E-state index in [1.807, 2.05) is 68.4 Å². The van der Waals surface area contributed by atoms with E-state index in [1.54, 1.807) is 0 Å². The van der Waals surface area contributed by atoms with Crippen LogP contribution in [0, 0.1) is 6.92 Å². The lowest BCUT2D eigenvalue weighted by atomic mass is 9.99. The smallest absolute Gasteiger partial charge is 0.252 e. The Balaban J connectivity index is 1.86. The minimum absolute atomic E-state index is 0.139. The zero-order valence-electron chi connectivity index (χ0n) is 13.1. The van der Waals surface area contributed by atoms with Crippen molar-refractivity contribution in [3.05, 3.63) is 71.8 Å². The number of nitrogens with one attached hydrogen (secondary N) is 2. The molecule has 5 nitrogen and oxygen atoms in total. The van der Waals surface area contributed by atoms with E-state index in [4.69, 9.17) is 0 Å². The first-order chi connectivity index (χ1) is 11.1. The molecule has 0 fully saturated rings. The van der Waals surface area contributed by atoms with Gasteiger partial charge in [-0.1, -0.05) is 48.5 Å². The van der Waals surface area contributed by atoms with E-state index < -0.39 is 0 Å². The molecule has 3 aromatic rings. The van der Waals surface area contributed by atoms with Crippen molar-refractivity contribution in [3.8, 4) is 11.1 Å². The first-order valence-electron chi connectivity index (χ1n) is 7.49. The second-order valence-corrected chi connectivity index (χ2v) is 5.39. The molecular formula is C18H18N4O. The SMILES string of the molecule is Cc1nc([C@@H](C)NC(=O)c2ccccc2-c2ccccc2)n[nH]1. The summed E-state index contributed by atoms with van der Waals surface area (Å²) in [4.78, 5) is 16.9. The van der Waals surface area contributed by atoms with Crippen LogP contribution < -0.4 is 5.32 Å². The topological polar surface area (TPSA) is 70.7 Å². The fourth-order valence-electron chi connectivity index (χ4n) is 2.44. The van der Waals surface area contributed by atoms with Crippen LogP contribution in [0.5, 0.6) is 0 Å². The molecular weight excluding hydrogens is 288 g/mol. The van der Waals surface area contributed by atoms with Gasteiger partial charge in [0.05, 0.1) is 6.04 Å². The number of hydrogen-bond acceptors (Lipinski definition) is 3. The third kappa shape index (κ3) is 3.29. The minimum atomic E-state index is -0.267. The summed E-state index contributed by atoms with van der Waals surface area (Å²) in [6.45, 7) is 3.70. The number of benzene rings is 2. The summed E-state index contributed by atoms with van der Waals surface area (Å²) in [6, 6.07) is 17.2. The van der Waals surface area contributed by atoms with Gasteiger partial charge in [-0.05, 0) is 31.0 Å². The fraction of sp³-hybridized carbons (Fsp3) is 0.167. The molecule has 0 aliphatic carbocycles. The molecule has 116 valence electrons. The lowest BCUT2D eigenvalue weighted by molar-refractivity contribution is 0.0939. The fourth-order valence-corrected chi connectivity index (χ4v) is 2.44. The van der Waals surface area contributed by atoms with Crippen molar-refractivity contribution >= 4 is 5.91 Å². The number of aromatic nitrogens is 3. The van der Waals surface area contributed by atoms with Crippen molar-refractivity contribution in [2.24, 2.45) is 0 Å². The number of carbonyl (C=O) groups is 1. The van der Waals surface area contributed by atoms with Crippen molar-refractivity contribution in [1.29, 1.82) is 0 Å².